The Hall–Kier alpha value is -2.44. The van der Waals surface area contributed by atoms with Gasteiger partial charge in [-0.3, -0.25) is 14.9 Å². The number of phenols is 1. The summed E-state index contributed by atoms with van der Waals surface area (Å²) >= 11 is 0. The Balaban J connectivity index is 3.52. The number of aldehydes is 1. The van der Waals surface area contributed by atoms with E-state index in [1.54, 1.807) is 0 Å². The molecule has 0 aliphatic carbocycles. The second-order valence-electron chi connectivity index (χ2n) is 2.61. The molecule has 0 radical (unpaired) electrons. The summed E-state index contributed by atoms with van der Waals surface area (Å²) in [5.74, 6) is -2.15. The minimum Gasteiger partial charge on any atom is -0.507 e. The van der Waals surface area contributed by atoms with Crippen LogP contribution in [0.2, 0.25) is 0 Å². The maximum Gasteiger partial charge on any atom is 0.336 e. The number of rotatable bonds is 3. The van der Waals surface area contributed by atoms with Gasteiger partial charge in [0.25, 0.3) is 5.69 Å². The van der Waals surface area contributed by atoms with Crippen LogP contribution in [0.5, 0.6) is 5.75 Å². The fourth-order valence-electron chi connectivity index (χ4n) is 1.02. The Kier molecular flexibility index (Phi) is 2.65. The second-order valence-corrected chi connectivity index (χ2v) is 2.61. The van der Waals surface area contributed by atoms with Gasteiger partial charge < -0.3 is 10.2 Å². The lowest BCUT2D eigenvalue weighted by Crippen LogP contribution is -2.01. The van der Waals surface area contributed by atoms with E-state index in [1.807, 2.05) is 0 Å². The molecule has 0 atom stereocenters. The number of carbonyl (C=O) groups excluding carboxylic acids is 1. The Morgan fingerprint density at radius 3 is 2.47 bits per heavy atom. The number of carbonyl (C=O) groups is 2. The van der Waals surface area contributed by atoms with Gasteiger partial charge in [0.15, 0.2) is 6.29 Å². The van der Waals surface area contributed by atoms with Crippen molar-refractivity contribution < 1.29 is 24.7 Å². The molecule has 0 fully saturated rings. The van der Waals surface area contributed by atoms with Crippen molar-refractivity contribution in [3.63, 3.8) is 0 Å². The summed E-state index contributed by atoms with van der Waals surface area (Å²) in [6.45, 7) is 0. The van der Waals surface area contributed by atoms with Gasteiger partial charge in [-0.15, -0.1) is 0 Å². The summed E-state index contributed by atoms with van der Waals surface area (Å²) in [5.41, 5.74) is -1.72. The van der Waals surface area contributed by atoms with Gasteiger partial charge in [-0.1, -0.05) is 0 Å². The van der Waals surface area contributed by atoms with E-state index < -0.39 is 33.5 Å². The van der Waals surface area contributed by atoms with E-state index in [9.17, 15) is 24.8 Å². The molecular weight excluding hydrogens is 206 g/mol. The summed E-state index contributed by atoms with van der Waals surface area (Å²) in [6.07, 6.45) is 0.0963. The summed E-state index contributed by atoms with van der Waals surface area (Å²) < 4.78 is 0. The van der Waals surface area contributed by atoms with Crippen molar-refractivity contribution in [2.24, 2.45) is 0 Å². The number of carboxylic acids is 1. The minimum atomic E-state index is -1.43. The molecule has 0 heterocycles. The Morgan fingerprint density at radius 1 is 1.47 bits per heavy atom. The molecule has 1 rings (SSSR count). The van der Waals surface area contributed by atoms with E-state index in [0.717, 1.165) is 6.07 Å². The highest BCUT2D eigenvalue weighted by Gasteiger charge is 2.21. The molecule has 0 unspecified atom stereocenters. The van der Waals surface area contributed by atoms with Crippen LogP contribution < -0.4 is 0 Å². The average Bonchev–Trinajstić information content (AvgIpc) is 2.16. The fraction of sp³-hybridized carbons (Fsp3) is 0. The lowest BCUT2D eigenvalue weighted by Gasteiger charge is -2.01. The summed E-state index contributed by atoms with van der Waals surface area (Å²) in [5, 5.41) is 28.2. The lowest BCUT2D eigenvalue weighted by molar-refractivity contribution is -0.385. The molecule has 78 valence electrons. The topological polar surface area (TPSA) is 118 Å². The van der Waals surface area contributed by atoms with Gasteiger partial charge >= 0.3 is 5.97 Å². The average molecular weight is 211 g/mol. The largest absolute Gasteiger partial charge is 0.507 e. The smallest absolute Gasteiger partial charge is 0.336 e. The third kappa shape index (κ3) is 1.90. The van der Waals surface area contributed by atoms with Crippen LogP contribution in [0.1, 0.15) is 20.7 Å². The van der Waals surface area contributed by atoms with Gasteiger partial charge in [0, 0.05) is 6.07 Å². The Bertz CT molecular complexity index is 453. The molecule has 7 nitrogen and oxygen atoms in total. The van der Waals surface area contributed by atoms with Crippen LogP contribution in [0.25, 0.3) is 0 Å². The maximum atomic E-state index is 10.5. The van der Waals surface area contributed by atoms with Crippen LogP contribution in [0, 0.1) is 10.1 Å². The van der Waals surface area contributed by atoms with Crippen LogP contribution >= 0.6 is 0 Å². The van der Waals surface area contributed by atoms with Crippen molar-refractivity contribution in [3.05, 3.63) is 33.4 Å². The first-order chi connectivity index (χ1) is 6.97. The highest BCUT2D eigenvalue weighted by Crippen LogP contribution is 2.27. The van der Waals surface area contributed by atoms with E-state index in [2.05, 4.69) is 0 Å². The number of aromatic hydroxyl groups is 1. The van der Waals surface area contributed by atoms with Crippen LogP contribution in [0.3, 0.4) is 0 Å². The molecule has 0 aliphatic heterocycles. The number of phenolic OH excluding ortho intramolecular Hbond substituents is 1. The van der Waals surface area contributed by atoms with Gasteiger partial charge in [-0.25, -0.2) is 4.79 Å². The first-order valence-electron chi connectivity index (χ1n) is 3.67. The Morgan fingerprint density at radius 2 is 2.07 bits per heavy atom. The molecule has 0 saturated heterocycles. The monoisotopic (exact) mass is 211 g/mol. The van der Waals surface area contributed by atoms with Crippen molar-refractivity contribution in [2.75, 3.05) is 0 Å². The Labute approximate surface area is 82.7 Å². The highest BCUT2D eigenvalue weighted by molar-refractivity contribution is 5.93. The van der Waals surface area contributed by atoms with Crippen molar-refractivity contribution >= 4 is 17.9 Å². The standard InChI is InChI=1S/C8H5NO6/c10-3-5-6(9(14)15)1-4(8(12)13)2-7(5)11/h1-3,11H,(H,12,13). The third-order valence-corrected chi connectivity index (χ3v) is 1.70. The number of benzene rings is 1. The number of nitro groups is 1. The van der Waals surface area contributed by atoms with Crippen LogP contribution in [-0.2, 0) is 0 Å². The zero-order chi connectivity index (χ0) is 11.6. The summed E-state index contributed by atoms with van der Waals surface area (Å²) in [4.78, 5) is 30.4. The molecule has 0 spiro atoms. The van der Waals surface area contributed by atoms with E-state index in [0.29, 0.717) is 6.07 Å². The van der Waals surface area contributed by atoms with Crippen molar-refractivity contribution in [3.8, 4) is 5.75 Å². The molecule has 2 N–H and O–H groups in total. The molecule has 0 aliphatic rings. The van der Waals surface area contributed by atoms with Gasteiger partial charge in [-0.2, -0.15) is 0 Å². The van der Waals surface area contributed by atoms with Gasteiger partial charge in [0.1, 0.15) is 11.3 Å². The third-order valence-electron chi connectivity index (χ3n) is 1.70. The van der Waals surface area contributed by atoms with Gasteiger partial charge in [0.2, 0.25) is 0 Å². The quantitative estimate of drug-likeness (QED) is 0.434. The zero-order valence-electron chi connectivity index (χ0n) is 7.21. The lowest BCUT2D eigenvalue weighted by atomic mass is 10.1. The molecule has 0 amide bonds. The predicted molar refractivity (Wildman–Crippen MR) is 47.1 cm³/mol. The number of hydrogen-bond acceptors (Lipinski definition) is 5. The molecule has 1 aromatic rings. The van der Waals surface area contributed by atoms with Gasteiger partial charge in [-0.05, 0) is 6.07 Å². The maximum absolute atomic E-state index is 10.5. The predicted octanol–water partition coefficient (Wildman–Crippen LogP) is 0.811. The highest BCUT2D eigenvalue weighted by atomic mass is 16.6. The molecular formula is C8H5NO6. The fourth-order valence-corrected chi connectivity index (χ4v) is 1.02. The van der Waals surface area contributed by atoms with E-state index in [-0.39, 0.29) is 6.29 Å². The number of hydrogen-bond donors (Lipinski definition) is 2. The van der Waals surface area contributed by atoms with Crippen LogP contribution in [0.4, 0.5) is 5.69 Å². The van der Waals surface area contributed by atoms with Crippen molar-refractivity contribution in [1.29, 1.82) is 0 Å². The van der Waals surface area contributed by atoms with E-state index in [1.165, 1.54) is 0 Å². The molecule has 7 heteroatoms. The molecule has 1 aromatic carbocycles. The minimum absolute atomic E-state index is 0.0963. The number of nitrogens with zero attached hydrogens (tertiary/aromatic N) is 1. The van der Waals surface area contributed by atoms with E-state index >= 15 is 0 Å². The van der Waals surface area contributed by atoms with Crippen molar-refractivity contribution in [1.82, 2.24) is 0 Å². The SMILES string of the molecule is O=Cc1c(O)cc(C(=O)O)cc1[N+](=O)[O-]. The number of aromatic carboxylic acids is 1. The first kappa shape index (κ1) is 10.6. The zero-order valence-corrected chi connectivity index (χ0v) is 7.21. The molecule has 0 bridgehead atoms. The van der Waals surface area contributed by atoms with Crippen LogP contribution in [0.15, 0.2) is 12.1 Å². The van der Waals surface area contributed by atoms with Crippen molar-refractivity contribution in [2.45, 2.75) is 0 Å². The first-order valence-corrected chi connectivity index (χ1v) is 3.67. The normalized spacial score (nSPS) is 9.60. The van der Waals surface area contributed by atoms with E-state index in [4.69, 9.17) is 5.11 Å². The number of nitro benzene ring substituents is 1. The summed E-state index contributed by atoms with van der Waals surface area (Å²) in [7, 11) is 0. The molecule has 15 heavy (non-hydrogen) atoms. The molecule has 0 saturated carbocycles. The van der Waals surface area contributed by atoms with Crippen LogP contribution in [-0.4, -0.2) is 27.4 Å². The number of carboxylic acid groups (broad SMARTS) is 1. The second kappa shape index (κ2) is 3.74. The summed E-state index contributed by atoms with van der Waals surface area (Å²) in [6, 6.07) is 1.49. The van der Waals surface area contributed by atoms with Gasteiger partial charge in [0.05, 0.1) is 10.5 Å². The molecule has 0 aromatic heterocycles.